The van der Waals surface area contributed by atoms with Gasteiger partial charge in [0.25, 0.3) is 0 Å². The second-order valence-corrected chi connectivity index (χ2v) is 3.10. The van der Waals surface area contributed by atoms with Gasteiger partial charge >= 0.3 is 12.3 Å². The summed E-state index contributed by atoms with van der Waals surface area (Å²) in [6, 6.07) is 0.953. The fourth-order valence-electron chi connectivity index (χ4n) is 1.08. The van der Waals surface area contributed by atoms with Crippen molar-refractivity contribution in [3.8, 4) is 5.75 Å². The number of carbonyl (C=O) groups is 1. The molecule has 0 unspecified atom stereocenters. The van der Waals surface area contributed by atoms with Gasteiger partial charge in [-0.15, -0.1) is 0 Å². The summed E-state index contributed by atoms with van der Waals surface area (Å²) in [6.07, 6.45) is -2.06. The van der Waals surface area contributed by atoms with Crippen molar-refractivity contribution in [3.63, 3.8) is 0 Å². The standard InChI is InChI=1S/C10H9F4NO2/c1-2-17-7-3-6(4-15-5-7)8(16)10(13,14)9(11)12/h3-5,9H,2H2,1H3. The molecule has 7 heteroatoms. The van der Waals surface area contributed by atoms with Crippen LogP contribution in [0.5, 0.6) is 5.75 Å². The highest BCUT2D eigenvalue weighted by Gasteiger charge is 2.49. The molecule has 1 rings (SSSR count). The van der Waals surface area contributed by atoms with Gasteiger partial charge in [-0.3, -0.25) is 9.78 Å². The van der Waals surface area contributed by atoms with Crippen LogP contribution in [0, 0.1) is 0 Å². The summed E-state index contributed by atoms with van der Waals surface area (Å²) in [5.41, 5.74) is -0.610. The molecule has 0 amide bonds. The summed E-state index contributed by atoms with van der Waals surface area (Å²) < 4.78 is 54.4. The SMILES string of the molecule is CCOc1cncc(C(=O)C(F)(F)C(F)F)c1. The largest absolute Gasteiger partial charge is 0.492 e. The second-order valence-electron chi connectivity index (χ2n) is 3.10. The molecule has 94 valence electrons. The van der Waals surface area contributed by atoms with E-state index in [4.69, 9.17) is 4.74 Å². The quantitative estimate of drug-likeness (QED) is 0.596. The van der Waals surface area contributed by atoms with Crippen molar-refractivity contribution in [2.75, 3.05) is 6.61 Å². The molecule has 0 aliphatic carbocycles. The third-order valence-electron chi connectivity index (χ3n) is 1.86. The van der Waals surface area contributed by atoms with Gasteiger partial charge in [-0.05, 0) is 13.0 Å². The molecule has 0 bridgehead atoms. The molecule has 0 N–H and O–H groups in total. The van der Waals surface area contributed by atoms with Crippen molar-refractivity contribution in [1.29, 1.82) is 0 Å². The number of alkyl halides is 4. The highest BCUT2D eigenvalue weighted by atomic mass is 19.3. The Bertz CT molecular complexity index is 409. The number of ether oxygens (including phenoxy) is 1. The van der Waals surface area contributed by atoms with Crippen molar-refractivity contribution in [2.24, 2.45) is 0 Å². The molecule has 0 aliphatic rings. The molecule has 1 heterocycles. The first-order valence-electron chi connectivity index (χ1n) is 4.68. The van der Waals surface area contributed by atoms with E-state index in [9.17, 15) is 22.4 Å². The summed E-state index contributed by atoms with van der Waals surface area (Å²) >= 11 is 0. The fourth-order valence-corrected chi connectivity index (χ4v) is 1.08. The van der Waals surface area contributed by atoms with Gasteiger partial charge < -0.3 is 4.74 Å². The molecular weight excluding hydrogens is 242 g/mol. The average Bonchev–Trinajstić information content (AvgIpc) is 2.28. The molecule has 1 aromatic rings. The molecule has 0 fully saturated rings. The molecule has 0 atom stereocenters. The Kier molecular flexibility index (Phi) is 4.03. The van der Waals surface area contributed by atoms with E-state index in [-0.39, 0.29) is 12.4 Å². The van der Waals surface area contributed by atoms with Crippen LogP contribution in [0.3, 0.4) is 0 Å². The van der Waals surface area contributed by atoms with Gasteiger partial charge in [0.05, 0.1) is 12.8 Å². The lowest BCUT2D eigenvalue weighted by molar-refractivity contribution is -0.0958. The van der Waals surface area contributed by atoms with Crippen LogP contribution in [0.15, 0.2) is 18.5 Å². The van der Waals surface area contributed by atoms with E-state index in [0.29, 0.717) is 0 Å². The molecule has 0 spiro atoms. The summed E-state index contributed by atoms with van der Waals surface area (Å²) in [5.74, 6) is -6.61. The number of pyridine rings is 1. The van der Waals surface area contributed by atoms with Crippen LogP contribution in [0.25, 0.3) is 0 Å². The maximum absolute atomic E-state index is 12.8. The van der Waals surface area contributed by atoms with Crippen molar-refractivity contribution >= 4 is 5.78 Å². The summed E-state index contributed by atoms with van der Waals surface area (Å²) in [5, 5.41) is 0. The smallest absolute Gasteiger partial charge is 0.368 e. The minimum Gasteiger partial charge on any atom is -0.492 e. The molecule has 0 aromatic carbocycles. The van der Waals surface area contributed by atoms with E-state index < -0.39 is 23.7 Å². The summed E-state index contributed by atoms with van der Waals surface area (Å²) in [7, 11) is 0. The Balaban J connectivity index is 3.00. The first-order valence-corrected chi connectivity index (χ1v) is 4.68. The zero-order chi connectivity index (χ0) is 13.1. The Morgan fingerprint density at radius 1 is 1.47 bits per heavy atom. The van der Waals surface area contributed by atoms with Gasteiger partial charge in [-0.25, -0.2) is 8.78 Å². The van der Waals surface area contributed by atoms with Gasteiger partial charge in [0.15, 0.2) is 0 Å². The number of ketones is 1. The average molecular weight is 251 g/mol. The van der Waals surface area contributed by atoms with Crippen LogP contribution in [0.2, 0.25) is 0 Å². The third-order valence-corrected chi connectivity index (χ3v) is 1.86. The summed E-state index contributed by atoms with van der Waals surface area (Å²) in [6.45, 7) is 1.88. The fraction of sp³-hybridized carbons (Fsp3) is 0.400. The lowest BCUT2D eigenvalue weighted by Gasteiger charge is -2.13. The minimum absolute atomic E-state index is 0.0726. The van der Waals surface area contributed by atoms with Crippen molar-refractivity contribution in [3.05, 3.63) is 24.0 Å². The molecule has 0 saturated carbocycles. The minimum atomic E-state index is -4.72. The lowest BCUT2D eigenvalue weighted by atomic mass is 10.1. The van der Waals surface area contributed by atoms with E-state index in [1.165, 1.54) is 6.20 Å². The highest BCUT2D eigenvalue weighted by molar-refractivity contribution is 6.01. The Morgan fingerprint density at radius 2 is 2.12 bits per heavy atom. The van der Waals surface area contributed by atoms with E-state index in [0.717, 1.165) is 12.3 Å². The van der Waals surface area contributed by atoms with Crippen molar-refractivity contribution in [2.45, 2.75) is 19.3 Å². The van der Waals surface area contributed by atoms with Crippen LogP contribution < -0.4 is 4.74 Å². The lowest BCUT2D eigenvalue weighted by Crippen LogP contribution is -2.36. The first kappa shape index (κ1) is 13.4. The zero-order valence-corrected chi connectivity index (χ0v) is 8.79. The van der Waals surface area contributed by atoms with E-state index >= 15 is 0 Å². The van der Waals surface area contributed by atoms with Crippen molar-refractivity contribution in [1.82, 2.24) is 4.98 Å². The number of Topliss-reactive ketones (excluding diaryl/α,β-unsaturated/α-hetero) is 1. The van der Waals surface area contributed by atoms with E-state index in [1.54, 1.807) is 6.92 Å². The normalized spacial score (nSPS) is 11.6. The van der Waals surface area contributed by atoms with Gasteiger partial charge in [0.1, 0.15) is 5.75 Å². The highest BCUT2D eigenvalue weighted by Crippen LogP contribution is 2.28. The monoisotopic (exact) mass is 251 g/mol. The van der Waals surface area contributed by atoms with E-state index in [1.807, 2.05) is 0 Å². The van der Waals surface area contributed by atoms with Gasteiger partial charge in [0.2, 0.25) is 5.78 Å². The van der Waals surface area contributed by atoms with Crippen molar-refractivity contribution < 1.29 is 27.1 Å². The molecule has 3 nitrogen and oxygen atoms in total. The number of hydrogen-bond donors (Lipinski definition) is 0. The van der Waals surface area contributed by atoms with Gasteiger partial charge in [-0.2, -0.15) is 8.78 Å². The number of rotatable bonds is 5. The first-order chi connectivity index (χ1) is 7.89. The van der Waals surface area contributed by atoms with Gasteiger partial charge in [-0.1, -0.05) is 0 Å². The Labute approximate surface area is 94.4 Å². The van der Waals surface area contributed by atoms with Gasteiger partial charge in [0, 0.05) is 11.8 Å². The molecule has 0 saturated heterocycles. The van der Waals surface area contributed by atoms with E-state index in [2.05, 4.69) is 4.98 Å². The number of halogens is 4. The third kappa shape index (κ3) is 2.92. The molecule has 0 aliphatic heterocycles. The number of hydrogen-bond acceptors (Lipinski definition) is 3. The number of nitrogens with zero attached hydrogens (tertiary/aromatic N) is 1. The predicted molar refractivity (Wildman–Crippen MR) is 50.7 cm³/mol. The van der Waals surface area contributed by atoms with Crippen LogP contribution in [0.1, 0.15) is 17.3 Å². The predicted octanol–water partition coefficient (Wildman–Crippen LogP) is 2.56. The second kappa shape index (κ2) is 5.11. The zero-order valence-electron chi connectivity index (χ0n) is 8.79. The Hall–Kier alpha value is -1.66. The topological polar surface area (TPSA) is 39.2 Å². The maximum atomic E-state index is 12.8. The van der Waals surface area contributed by atoms with Crippen LogP contribution in [0.4, 0.5) is 17.6 Å². The maximum Gasteiger partial charge on any atom is 0.368 e. The molecule has 1 aromatic heterocycles. The number of carbonyl (C=O) groups excluding carboxylic acids is 1. The summed E-state index contributed by atoms with van der Waals surface area (Å²) in [4.78, 5) is 14.6. The van der Waals surface area contributed by atoms with Crippen LogP contribution in [-0.4, -0.2) is 29.7 Å². The van der Waals surface area contributed by atoms with Crippen LogP contribution >= 0.6 is 0 Å². The molecular formula is C10H9F4NO2. The van der Waals surface area contributed by atoms with Crippen LogP contribution in [-0.2, 0) is 0 Å². The number of aromatic nitrogens is 1. The molecule has 0 radical (unpaired) electrons. The Morgan fingerprint density at radius 3 is 2.65 bits per heavy atom. The molecule has 17 heavy (non-hydrogen) atoms.